The van der Waals surface area contributed by atoms with Gasteiger partial charge in [-0.15, -0.1) is 11.6 Å². The molecule has 4 heterocycles. The summed E-state index contributed by atoms with van der Waals surface area (Å²) in [4.78, 5) is 37.9. The smallest absolute Gasteiger partial charge is 0.319 e. The van der Waals surface area contributed by atoms with E-state index >= 15 is 0 Å². The molecular weight excluding hydrogens is 651 g/mol. The quantitative estimate of drug-likeness (QED) is 0.141. The second-order valence-corrected chi connectivity index (χ2v) is 12.6. The molecule has 0 bridgehead atoms. The Morgan fingerprint density at radius 3 is 2.69 bits per heavy atom. The van der Waals surface area contributed by atoms with E-state index in [0.29, 0.717) is 48.3 Å². The minimum atomic E-state index is -1.02. The lowest BCUT2D eigenvalue weighted by Gasteiger charge is -2.38. The zero-order valence-corrected chi connectivity index (χ0v) is 28.1. The first-order valence-electron chi connectivity index (χ1n) is 15.7. The lowest BCUT2D eigenvalue weighted by Crippen LogP contribution is -2.40. The molecule has 48 heavy (non-hydrogen) atoms. The molecule has 12 heteroatoms. The van der Waals surface area contributed by atoms with E-state index in [1.807, 2.05) is 66.8 Å². The number of rotatable bonds is 12. The van der Waals surface area contributed by atoms with Crippen LogP contribution in [0.25, 0.3) is 16.5 Å². The van der Waals surface area contributed by atoms with E-state index in [-0.39, 0.29) is 24.5 Å². The maximum atomic E-state index is 11.6. The van der Waals surface area contributed by atoms with Gasteiger partial charge in [-0.1, -0.05) is 54.1 Å². The maximum absolute atomic E-state index is 11.6. The van der Waals surface area contributed by atoms with E-state index in [4.69, 9.17) is 47.6 Å². The van der Waals surface area contributed by atoms with Crippen LogP contribution >= 0.6 is 23.2 Å². The first kappa shape index (κ1) is 33.5. The molecule has 1 aliphatic heterocycles. The highest BCUT2D eigenvalue weighted by Gasteiger charge is 2.46. The largest absolute Gasteiger partial charge is 0.481 e. The van der Waals surface area contributed by atoms with Crippen molar-refractivity contribution in [3.05, 3.63) is 112 Å². The van der Waals surface area contributed by atoms with Crippen LogP contribution in [-0.2, 0) is 32.8 Å². The van der Waals surface area contributed by atoms with Gasteiger partial charge in [0.15, 0.2) is 0 Å². The van der Waals surface area contributed by atoms with Crippen LogP contribution in [0.15, 0.2) is 79.2 Å². The third kappa shape index (κ3) is 6.93. The third-order valence-corrected chi connectivity index (χ3v) is 9.62. The lowest BCUT2D eigenvalue weighted by atomic mass is 9.70. The second kappa shape index (κ2) is 14.8. The Morgan fingerprint density at radius 2 is 1.92 bits per heavy atom. The number of aromatic nitrogens is 3. The van der Waals surface area contributed by atoms with Crippen LogP contribution in [0.5, 0.6) is 5.88 Å². The van der Waals surface area contributed by atoms with Gasteiger partial charge < -0.3 is 25.4 Å². The van der Waals surface area contributed by atoms with Gasteiger partial charge in [-0.2, -0.15) is 0 Å². The number of hydrogen-bond donors (Lipinski definition) is 3. The SMILES string of the molecule is COC(=O)CNCc1cnc2cc(C3(c4ccc(CNCC5CCC(=O)N5)c(OC)n4)C=CC=C(c4ccccc4Cl)[C@@H]3Cl)ncc2c1. The minimum Gasteiger partial charge on any atom is -0.481 e. The van der Waals surface area contributed by atoms with Gasteiger partial charge in [-0.05, 0) is 47.4 Å². The minimum absolute atomic E-state index is 0.0858. The number of carbonyl (C=O) groups is 2. The Bertz CT molecular complexity index is 1900. The number of nitrogens with one attached hydrogen (secondary N) is 3. The van der Waals surface area contributed by atoms with Gasteiger partial charge in [0.25, 0.3) is 0 Å². The van der Waals surface area contributed by atoms with Gasteiger partial charge in [0.2, 0.25) is 11.8 Å². The number of esters is 1. The highest BCUT2D eigenvalue weighted by Crippen LogP contribution is 2.48. The molecule has 4 aromatic rings. The lowest BCUT2D eigenvalue weighted by molar-refractivity contribution is -0.139. The molecule has 1 saturated heterocycles. The summed E-state index contributed by atoms with van der Waals surface area (Å²) in [6.07, 6.45) is 10.9. The van der Waals surface area contributed by atoms with Crippen LogP contribution in [0.3, 0.4) is 0 Å². The summed E-state index contributed by atoms with van der Waals surface area (Å²) in [5, 5.41) is 10.2. The topological polar surface area (TPSA) is 127 Å². The maximum Gasteiger partial charge on any atom is 0.319 e. The molecule has 3 N–H and O–H groups in total. The van der Waals surface area contributed by atoms with Gasteiger partial charge in [0, 0.05) is 60.5 Å². The van der Waals surface area contributed by atoms with Crippen molar-refractivity contribution in [2.24, 2.45) is 0 Å². The van der Waals surface area contributed by atoms with Gasteiger partial charge in [0.1, 0.15) is 0 Å². The van der Waals surface area contributed by atoms with Crippen molar-refractivity contribution in [2.45, 2.75) is 42.8 Å². The predicted octanol–water partition coefficient (Wildman–Crippen LogP) is 4.86. The average Bonchev–Trinajstić information content (AvgIpc) is 3.53. The van der Waals surface area contributed by atoms with E-state index in [0.717, 1.165) is 39.6 Å². The Kier molecular flexibility index (Phi) is 10.4. The highest BCUT2D eigenvalue weighted by atomic mass is 35.5. The normalized spacial score (nSPS) is 20.4. The first-order valence-corrected chi connectivity index (χ1v) is 16.5. The summed E-state index contributed by atoms with van der Waals surface area (Å²) in [5.41, 5.74) is 4.44. The van der Waals surface area contributed by atoms with Gasteiger partial charge >= 0.3 is 5.97 Å². The standard InChI is InChI=1S/C36H36Cl2N6O4/c1-47-33(46)21-39-16-22-14-24-19-42-31(15-29(24)41-17-22)36(13-5-7-27(34(36)38)26-6-3-4-8-28(26)37)30-11-9-23(35(44-30)48-2)18-40-20-25-10-12-32(45)43-25/h3-9,11,13-15,17,19,25,34,39-40H,10,12,16,18,20-21H2,1-2H3,(H,43,45)/t25?,34-,36?/m0/s1. The second-order valence-electron chi connectivity index (χ2n) is 11.8. The fourth-order valence-electron chi connectivity index (χ4n) is 6.20. The molecule has 3 aromatic heterocycles. The molecule has 1 amide bonds. The van der Waals surface area contributed by atoms with E-state index < -0.39 is 10.8 Å². The van der Waals surface area contributed by atoms with E-state index in [9.17, 15) is 9.59 Å². The summed E-state index contributed by atoms with van der Waals surface area (Å²) < 4.78 is 10.5. The zero-order valence-electron chi connectivity index (χ0n) is 26.6. The molecule has 0 saturated carbocycles. The van der Waals surface area contributed by atoms with Crippen molar-refractivity contribution >= 4 is 51.6 Å². The van der Waals surface area contributed by atoms with E-state index in [2.05, 4.69) is 16.0 Å². The van der Waals surface area contributed by atoms with Crippen LogP contribution in [0.2, 0.25) is 5.02 Å². The van der Waals surface area contributed by atoms with Crippen LogP contribution in [0.1, 0.15) is 40.9 Å². The van der Waals surface area contributed by atoms with Crippen LogP contribution in [0, 0.1) is 0 Å². The summed E-state index contributed by atoms with van der Waals surface area (Å²) in [6, 6.07) is 15.6. The van der Waals surface area contributed by atoms with E-state index in [1.54, 1.807) is 19.5 Å². The number of fused-ring (bicyclic) bond motifs is 1. The number of amides is 1. The fraction of sp³-hybridized carbons (Fsp3) is 0.306. The third-order valence-electron chi connectivity index (χ3n) is 8.71. The summed E-state index contributed by atoms with van der Waals surface area (Å²) in [6.45, 7) is 1.71. The monoisotopic (exact) mass is 686 g/mol. The van der Waals surface area contributed by atoms with Crippen LogP contribution in [-0.4, -0.2) is 65.6 Å². The Labute approximate surface area is 289 Å². The number of halogens is 2. The number of pyridine rings is 3. The molecule has 6 rings (SSSR count). The summed E-state index contributed by atoms with van der Waals surface area (Å²) >= 11 is 14.2. The zero-order chi connectivity index (χ0) is 33.7. The number of hydrogen-bond acceptors (Lipinski definition) is 9. The number of allylic oxidation sites excluding steroid dienone is 4. The molecule has 0 spiro atoms. The van der Waals surface area contributed by atoms with Crippen molar-refractivity contribution in [3.63, 3.8) is 0 Å². The molecule has 248 valence electrons. The van der Waals surface area contributed by atoms with Crippen molar-refractivity contribution < 1.29 is 19.1 Å². The Hall–Kier alpha value is -4.35. The average molecular weight is 688 g/mol. The predicted molar refractivity (Wildman–Crippen MR) is 186 cm³/mol. The number of benzene rings is 1. The number of ether oxygens (including phenoxy) is 2. The van der Waals surface area contributed by atoms with Crippen molar-refractivity contribution in [1.29, 1.82) is 0 Å². The molecule has 1 aliphatic carbocycles. The molecule has 0 radical (unpaired) electrons. The van der Waals surface area contributed by atoms with Crippen LogP contribution in [0.4, 0.5) is 0 Å². The van der Waals surface area contributed by atoms with Gasteiger partial charge in [-0.25, -0.2) is 4.98 Å². The Balaban J connectivity index is 1.36. The molecular formula is C36H36Cl2N6O4. The molecule has 2 unspecified atom stereocenters. The number of carbonyl (C=O) groups excluding carboxylic acids is 2. The number of methoxy groups -OCH3 is 2. The number of nitrogens with zero attached hydrogens (tertiary/aromatic N) is 3. The van der Waals surface area contributed by atoms with Gasteiger partial charge in [-0.3, -0.25) is 19.6 Å². The van der Waals surface area contributed by atoms with Crippen molar-refractivity contribution in [3.8, 4) is 5.88 Å². The van der Waals surface area contributed by atoms with Gasteiger partial charge in [0.05, 0.1) is 48.5 Å². The van der Waals surface area contributed by atoms with Crippen molar-refractivity contribution in [2.75, 3.05) is 27.3 Å². The summed E-state index contributed by atoms with van der Waals surface area (Å²) in [7, 11) is 2.95. The fourth-order valence-corrected chi connectivity index (χ4v) is 6.93. The molecule has 2 aliphatic rings. The summed E-state index contributed by atoms with van der Waals surface area (Å²) in [5.74, 6) is 0.210. The molecule has 10 nitrogen and oxygen atoms in total. The molecule has 1 aromatic carbocycles. The first-order chi connectivity index (χ1) is 23.3. The van der Waals surface area contributed by atoms with Crippen LogP contribution < -0.4 is 20.7 Å². The highest BCUT2D eigenvalue weighted by molar-refractivity contribution is 6.34. The number of alkyl halides is 1. The molecule has 1 fully saturated rings. The molecule has 3 atom stereocenters. The Morgan fingerprint density at radius 1 is 1.06 bits per heavy atom. The van der Waals surface area contributed by atoms with Crippen molar-refractivity contribution in [1.82, 2.24) is 30.9 Å². The van der Waals surface area contributed by atoms with E-state index in [1.165, 1.54) is 7.11 Å².